The summed E-state index contributed by atoms with van der Waals surface area (Å²) in [4.78, 5) is 13.5. The Kier molecular flexibility index (Phi) is 14.9. The van der Waals surface area contributed by atoms with Crippen molar-refractivity contribution < 1.29 is 23.7 Å². The largest absolute Gasteiger partial charge is 0.369 e. The van der Waals surface area contributed by atoms with Crippen molar-refractivity contribution in [2.45, 2.75) is 108 Å². The number of hydrogen-bond acceptors (Lipinski definition) is 6. The molecule has 1 fully saturated rings. The monoisotopic (exact) mass is 664 g/mol. The van der Waals surface area contributed by atoms with Crippen LogP contribution in [0.3, 0.4) is 0 Å². The van der Waals surface area contributed by atoms with E-state index in [9.17, 15) is 4.79 Å². The van der Waals surface area contributed by atoms with Crippen LogP contribution in [0.4, 0.5) is 0 Å². The molecule has 0 unspecified atom stereocenters. The van der Waals surface area contributed by atoms with Crippen LogP contribution < -0.4 is 11.1 Å². The Balaban J connectivity index is 1.47. The van der Waals surface area contributed by atoms with Gasteiger partial charge in [-0.3, -0.25) is 4.79 Å². The van der Waals surface area contributed by atoms with Crippen LogP contribution in [0.15, 0.2) is 121 Å². The molecule has 4 aromatic carbocycles. The molecule has 0 bridgehead atoms. The van der Waals surface area contributed by atoms with Crippen molar-refractivity contribution in [3.63, 3.8) is 0 Å². The molecule has 1 aliphatic rings. The molecule has 1 amide bonds. The third kappa shape index (κ3) is 11.3. The number of rotatable bonds is 19. The summed E-state index contributed by atoms with van der Waals surface area (Å²) in [6, 6.07) is 39.0. The first-order chi connectivity index (χ1) is 24.1. The lowest BCUT2D eigenvalue weighted by molar-refractivity contribution is -0.226. The van der Waals surface area contributed by atoms with E-state index >= 15 is 0 Å². The molecular formula is C42H52N2O5. The summed E-state index contributed by atoms with van der Waals surface area (Å²) in [7, 11) is 0. The van der Waals surface area contributed by atoms with Gasteiger partial charge in [-0.25, -0.2) is 0 Å². The van der Waals surface area contributed by atoms with Crippen molar-refractivity contribution >= 4 is 5.91 Å². The molecule has 1 aliphatic carbocycles. The van der Waals surface area contributed by atoms with E-state index < -0.39 is 36.5 Å². The number of carbonyl (C=O) groups excluding carboxylic acids is 1. The van der Waals surface area contributed by atoms with E-state index in [1.54, 1.807) is 0 Å². The van der Waals surface area contributed by atoms with Crippen LogP contribution in [0.1, 0.15) is 67.7 Å². The van der Waals surface area contributed by atoms with Gasteiger partial charge in [-0.15, -0.1) is 0 Å². The molecule has 0 saturated heterocycles. The summed E-state index contributed by atoms with van der Waals surface area (Å²) in [5.41, 5.74) is 11.3. The lowest BCUT2D eigenvalue weighted by atomic mass is 9.80. The van der Waals surface area contributed by atoms with Gasteiger partial charge in [0.15, 0.2) is 0 Å². The summed E-state index contributed by atoms with van der Waals surface area (Å²) in [5.74, 6) is -0.0440. The quantitative estimate of drug-likeness (QED) is 0.101. The number of unbranched alkanes of at least 4 members (excludes halogenated alkanes) is 4. The van der Waals surface area contributed by atoms with Gasteiger partial charge in [0, 0.05) is 6.42 Å². The van der Waals surface area contributed by atoms with Crippen molar-refractivity contribution in [2.24, 2.45) is 5.73 Å². The van der Waals surface area contributed by atoms with Crippen LogP contribution in [0, 0.1) is 0 Å². The number of carbonyl (C=O) groups is 1. The summed E-state index contributed by atoms with van der Waals surface area (Å²) in [6.07, 6.45) is 3.32. The first-order valence-electron chi connectivity index (χ1n) is 17.8. The maximum absolute atomic E-state index is 13.5. The normalized spacial score (nSPS) is 22.1. The smallest absolute Gasteiger partial charge is 0.220 e. The minimum absolute atomic E-state index is 0.0440. The first kappa shape index (κ1) is 36.4. The lowest BCUT2D eigenvalue weighted by Gasteiger charge is -2.49. The predicted molar refractivity (Wildman–Crippen MR) is 193 cm³/mol. The van der Waals surface area contributed by atoms with Crippen molar-refractivity contribution in [3.05, 3.63) is 144 Å². The molecule has 0 spiro atoms. The maximum Gasteiger partial charge on any atom is 0.220 e. The number of nitrogens with two attached hydrogens (primary N) is 1. The molecule has 1 saturated carbocycles. The summed E-state index contributed by atoms with van der Waals surface area (Å²) in [5, 5.41) is 3.29. The first-order valence-corrected chi connectivity index (χ1v) is 17.8. The highest BCUT2D eigenvalue weighted by molar-refractivity contribution is 5.76. The Morgan fingerprint density at radius 1 is 0.531 bits per heavy atom. The molecule has 6 atom stereocenters. The number of nitrogens with one attached hydrogen (secondary N) is 1. The predicted octanol–water partition coefficient (Wildman–Crippen LogP) is 7.51. The van der Waals surface area contributed by atoms with Crippen LogP contribution in [0.25, 0.3) is 0 Å². The third-order valence-corrected chi connectivity index (χ3v) is 9.10. The van der Waals surface area contributed by atoms with Crippen molar-refractivity contribution in [1.82, 2.24) is 5.32 Å². The molecule has 0 aliphatic heterocycles. The molecule has 0 heterocycles. The summed E-state index contributed by atoms with van der Waals surface area (Å²) < 4.78 is 27.0. The van der Waals surface area contributed by atoms with Crippen molar-refractivity contribution in [3.8, 4) is 0 Å². The SMILES string of the molecule is CCCCCCCC(=O)N[C@@H]1[C@@H](N)[C@H](OCc2ccccc2)[C@@H](OCc2ccccc2)[C@H](OCc2ccccc2)[C@H]1OCc1ccccc1. The van der Waals surface area contributed by atoms with E-state index in [1.807, 2.05) is 121 Å². The van der Waals surface area contributed by atoms with Crippen LogP contribution in [0.2, 0.25) is 0 Å². The fourth-order valence-corrected chi connectivity index (χ4v) is 6.40. The minimum Gasteiger partial charge on any atom is -0.369 e. The fraction of sp³-hybridized carbons (Fsp3) is 0.405. The zero-order valence-corrected chi connectivity index (χ0v) is 28.7. The van der Waals surface area contributed by atoms with Gasteiger partial charge in [0.1, 0.15) is 24.4 Å². The number of benzene rings is 4. The second-order valence-corrected chi connectivity index (χ2v) is 12.9. The van der Waals surface area contributed by atoms with E-state index in [-0.39, 0.29) is 5.91 Å². The van der Waals surface area contributed by atoms with Crippen LogP contribution in [-0.4, -0.2) is 42.4 Å². The van der Waals surface area contributed by atoms with Gasteiger partial charge in [-0.1, -0.05) is 154 Å². The highest BCUT2D eigenvalue weighted by atomic mass is 16.6. The third-order valence-electron chi connectivity index (χ3n) is 9.10. The average molecular weight is 665 g/mol. The Morgan fingerprint density at radius 3 is 1.33 bits per heavy atom. The standard InChI is InChI=1S/C42H52N2O5/c1-2-3-4-5-18-27-36(45)44-38-37(43)39(46-28-32-19-10-6-11-20-32)41(48-30-34-23-14-8-15-24-34)42(49-31-35-25-16-9-17-26-35)40(38)47-29-33-21-12-7-13-22-33/h6-17,19-26,37-42H,2-5,18,27-31,43H2,1H3,(H,44,45)/t37-,38-,39+,40+,41-,42-/m1/s1. The van der Waals surface area contributed by atoms with Gasteiger partial charge in [0.05, 0.1) is 38.5 Å². The van der Waals surface area contributed by atoms with Crippen molar-refractivity contribution in [2.75, 3.05) is 0 Å². The Bertz CT molecular complexity index is 1470. The van der Waals surface area contributed by atoms with Gasteiger partial charge in [-0.2, -0.15) is 0 Å². The van der Waals surface area contributed by atoms with Crippen LogP contribution >= 0.6 is 0 Å². The molecule has 49 heavy (non-hydrogen) atoms. The molecular weight excluding hydrogens is 612 g/mol. The molecule has 260 valence electrons. The van der Waals surface area contributed by atoms with E-state index in [2.05, 4.69) is 12.2 Å². The van der Waals surface area contributed by atoms with E-state index in [0.717, 1.165) is 47.9 Å². The fourth-order valence-electron chi connectivity index (χ4n) is 6.40. The molecule has 0 aromatic heterocycles. The summed E-state index contributed by atoms with van der Waals surface area (Å²) >= 11 is 0. The van der Waals surface area contributed by atoms with E-state index in [0.29, 0.717) is 32.8 Å². The maximum atomic E-state index is 13.5. The van der Waals surface area contributed by atoms with Crippen molar-refractivity contribution in [1.29, 1.82) is 0 Å². The average Bonchev–Trinajstić information content (AvgIpc) is 3.15. The van der Waals surface area contributed by atoms with Gasteiger partial charge in [-0.05, 0) is 28.7 Å². The highest BCUT2D eigenvalue weighted by Crippen LogP contribution is 2.32. The van der Waals surface area contributed by atoms with E-state index in [1.165, 1.54) is 6.42 Å². The number of ether oxygens (including phenoxy) is 4. The molecule has 3 N–H and O–H groups in total. The summed E-state index contributed by atoms with van der Waals surface area (Å²) in [6.45, 7) is 3.53. The molecule has 5 rings (SSSR count). The number of amides is 1. The topological polar surface area (TPSA) is 92.0 Å². The van der Waals surface area contributed by atoms with Gasteiger partial charge in [0.2, 0.25) is 5.91 Å². The van der Waals surface area contributed by atoms with Gasteiger partial charge in [0.25, 0.3) is 0 Å². The Morgan fingerprint density at radius 2 is 0.898 bits per heavy atom. The molecule has 0 radical (unpaired) electrons. The highest BCUT2D eigenvalue weighted by Gasteiger charge is 2.53. The number of hydrogen-bond donors (Lipinski definition) is 2. The minimum atomic E-state index is -0.633. The van der Waals surface area contributed by atoms with Crippen LogP contribution in [0.5, 0.6) is 0 Å². The molecule has 7 nitrogen and oxygen atoms in total. The lowest BCUT2D eigenvalue weighted by Crippen LogP contribution is -2.72. The Labute approximate surface area is 292 Å². The second-order valence-electron chi connectivity index (χ2n) is 12.9. The Hall–Kier alpha value is -3.85. The zero-order chi connectivity index (χ0) is 34.1. The second kappa shape index (κ2) is 20.0. The zero-order valence-electron chi connectivity index (χ0n) is 28.7. The molecule has 7 heteroatoms. The molecule has 4 aromatic rings. The van der Waals surface area contributed by atoms with Gasteiger partial charge < -0.3 is 30.0 Å². The van der Waals surface area contributed by atoms with Crippen LogP contribution in [-0.2, 0) is 50.2 Å². The van der Waals surface area contributed by atoms with Gasteiger partial charge >= 0.3 is 0 Å². The van der Waals surface area contributed by atoms with E-state index in [4.69, 9.17) is 24.7 Å².